The van der Waals surface area contributed by atoms with E-state index in [-0.39, 0.29) is 0 Å². The fourth-order valence-corrected chi connectivity index (χ4v) is 3.29. The number of methoxy groups -OCH3 is 1. The Morgan fingerprint density at radius 2 is 1.95 bits per heavy atom. The van der Waals surface area contributed by atoms with E-state index in [0.717, 1.165) is 24.4 Å². The quantitative estimate of drug-likeness (QED) is 0.832. The van der Waals surface area contributed by atoms with Gasteiger partial charge in [-0.1, -0.05) is 38.8 Å². The van der Waals surface area contributed by atoms with Crippen LogP contribution in [-0.4, -0.2) is 36.2 Å². The summed E-state index contributed by atoms with van der Waals surface area (Å²) in [4.78, 5) is 2.49. The summed E-state index contributed by atoms with van der Waals surface area (Å²) in [5.41, 5.74) is 0.945. The summed E-state index contributed by atoms with van der Waals surface area (Å²) in [5.74, 6) is 1.44. The van der Waals surface area contributed by atoms with Crippen LogP contribution in [0.2, 0.25) is 0 Å². The Bertz CT molecular complexity index is 427. The maximum Gasteiger partial charge on any atom is 0.119 e. The first-order valence-corrected chi connectivity index (χ1v) is 8.16. The molecule has 0 bridgehead atoms. The van der Waals surface area contributed by atoms with E-state index in [0.29, 0.717) is 12.0 Å². The van der Waals surface area contributed by atoms with Crippen LogP contribution in [0, 0.1) is 5.92 Å². The smallest absolute Gasteiger partial charge is 0.119 e. The summed E-state index contributed by atoms with van der Waals surface area (Å²) in [6.07, 6.45) is 4.76. The number of rotatable bonds is 7. The van der Waals surface area contributed by atoms with Crippen molar-refractivity contribution in [2.24, 2.45) is 5.92 Å². The monoisotopic (exact) mass is 291 g/mol. The number of aliphatic hydroxyl groups is 1. The van der Waals surface area contributed by atoms with Gasteiger partial charge in [-0.05, 0) is 36.5 Å². The van der Waals surface area contributed by atoms with Crippen molar-refractivity contribution in [3.8, 4) is 5.75 Å². The highest BCUT2D eigenvalue weighted by Gasteiger charge is 2.25. The third-order valence-corrected chi connectivity index (χ3v) is 4.33. The van der Waals surface area contributed by atoms with E-state index in [1.165, 1.54) is 25.7 Å². The summed E-state index contributed by atoms with van der Waals surface area (Å²) in [6, 6.07) is 8.42. The molecule has 3 nitrogen and oxygen atoms in total. The van der Waals surface area contributed by atoms with E-state index in [4.69, 9.17) is 4.74 Å². The van der Waals surface area contributed by atoms with Crippen molar-refractivity contribution in [2.75, 3.05) is 20.2 Å². The third kappa shape index (κ3) is 4.72. The lowest BCUT2D eigenvalue weighted by Gasteiger charge is -2.32. The Labute approximate surface area is 128 Å². The molecule has 1 saturated carbocycles. The molecular weight excluding hydrogens is 262 g/mol. The Morgan fingerprint density at radius 1 is 1.24 bits per heavy atom. The SMILES string of the molecule is COc1cccc(C(O)CN(CC(C)C)C2CCCC2)c1. The molecule has 0 radical (unpaired) electrons. The Hall–Kier alpha value is -1.06. The molecule has 1 unspecified atom stereocenters. The molecule has 1 aromatic carbocycles. The molecule has 0 aliphatic heterocycles. The van der Waals surface area contributed by atoms with Crippen LogP contribution < -0.4 is 4.74 Å². The zero-order valence-electron chi connectivity index (χ0n) is 13.6. The van der Waals surface area contributed by atoms with E-state index in [2.05, 4.69) is 18.7 Å². The number of nitrogens with zero attached hydrogens (tertiary/aromatic N) is 1. The molecule has 0 spiro atoms. The second kappa shape index (κ2) is 7.81. The van der Waals surface area contributed by atoms with Gasteiger partial charge in [0.2, 0.25) is 0 Å². The average molecular weight is 291 g/mol. The fourth-order valence-electron chi connectivity index (χ4n) is 3.29. The maximum absolute atomic E-state index is 10.6. The first-order chi connectivity index (χ1) is 10.1. The molecule has 1 N–H and O–H groups in total. The lowest BCUT2D eigenvalue weighted by Crippen LogP contribution is -2.39. The van der Waals surface area contributed by atoms with Crippen LogP contribution in [0.5, 0.6) is 5.75 Å². The molecule has 3 heteroatoms. The standard InChI is InChI=1S/C18H29NO2/c1-14(2)12-19(16-8-4-5-9-16)13-18(20)15-7-6-10-17(11-15)21-3/h6-7,10-11,14,16,18,20H,4-5,8-9,12-13H2,1-3H3. The fraction of sp³-hybridized carbons (Fsp3) is 0.667. The van der Waals surface area contributed by atoms with E-state index in [1.807, 2.05) is 24.3 Å². The molecular formula is C18H29NO2. The number of hydrogen-bond donors (Lipinski definition) is 1. The van der Waals surface area contributed by atoms with Crippen molar-refractivity contribution < 1.29 is 9.84 Å². The van der Waals surface area contributed by atoms with Gasteiger partial charge in [0.1, 0.15) is 5.75 Å². The molecule has 0 heterocycles. The molecule has 1 atom stereocenters. The van der Waals surface area contributed by atoms with E-state index in [9.17, 15) is 5.11 Å². The van der Waals surface area contributed by atoms with Gasteiger partial charge in [-0.15, -0.1) is 0 Å². The van der Waals surface area contributed by atoms with Gasteiger partial charge in [0, 0.05) is 19.1 Å². The van der Waals surface area contributed by atoms with Gasteiger partial charge in [-0.2, -0.15) is 0 Å². The van der Waals surface area contributed by atoms with Gasteiger partial charge in [0.15, 0.2) is 0 Å². The van der Waals surface area contributed by atoms with Crippen molar-refractivity contribution >= 4 is 0 Å². The van der Waals surface area contributed by atoms with Crippen molar-refractivity contribution in [1.29, 1.82) is 0 Å². The van der Waals surface area contributed by atoms with Crippen LogP contribution in [0.1, 0.15) is 51.2 Å². The molecule has 1 fully saturated rings. The van der Waals surface area contributed by atoms with Crippen molar-refractivity contribution in [2.45, 2.75) is 51.7 Å². The summed E-state index contributed by atoms with van der Waals surface area (Å²) < 4.78 is 5.25. The number of benzene rings is 1. The minimum absolute atomic E-state index is 0.445. The number of hydrogen-bond acceptors (Lipinski definition) is 3. The Kier molecular flexibility index (Phi) is 6.07. The van der Waals surface area contributed by atoms with Gasteiger partial charge in [-0.3, -0.25) is 4.90 Å². The molecule has 0 saturated heterocycles. The second-order valence-electron chi connectivity index (χ2n) is 6.58. The molecule has 1 aliphatic carbocycles. The molecule has 0 amide bonds. The minimum atomic E-state index is -0.445. The molecule has 1 aromatic rings. The van der Waals surface area contributed by atoms with Gasteiger partial charge >= 0.3 is 0 Å². The van der Waals surface area contributed by atoms with Crippen LogP contribution in [-0.2, 0) is 0 Å². The minimum Gasteiger partial charge on any atom is -0.497 e. The highest BCUT2D eigenvalue weighted by atomic mass is 16.5. The molecule has 2 rings (SSSR count). The summed E-state index contributed by atoms with van der Waals surface area (Å²) in [6.45, 7) is 6.28. The van der Waals surface area contributed by atoms with E-state index < -0.39 is 6.10 Å². The van der Waals surface area contributed by atoms with Crippen molar-refractivity contribution in [3.05, 3.63) is 29.8 Å². The highest BCUT2D eigenvalue weighted by Crippen LogP contribution is 2.27. The van der Waals surface area contributed by atoms with E-state index in [1.54, 1.807) is 7.11 Å². The van der Waals surface area contributed by atoms with Crippen LogP contribution >= 0.6 is 0 Å². The van der Waals surface area contributed by atoms with Gasteiger partial charge in [0.25, 0.3) is 0 Å². The zero-order valence-corrected chi connectivity index (χ0v) is 13.6. The van der Waals surface area contributed by atoms with E-state index >= 15 is 0 Å². The van der Waals surface area contributed by atoms with Crippen molar-refractivity contribution in [1.82, 2.24) is 4.90 Å². The summed E-state index contributed by atoms with van der Waals surface area (Å²) in [7, 11) is 1.66. The number of aliphatic hydroxyl groups excluding tert-OH is 1. The zero-order chi connectivity index (χ0) is 15.2. The summed E-state index contributed by atoms with van der Waals surface area (Å²) in [5, 5.41) is 10.6. The summed E-state index contributed by atoms with van der Waals surface area (Å²) >= 11 is 0. The van der Waals surface area contributed by atoms with Crippen LogP contribution in [0.25, 0.3) is 0 Å². The molecule has 21 heavy (non-hydrogen) atoms. The molecule has 1 aliphatic rings. The average Bonchev–Trinajstić information content (AvgIpc) is 3.00. The van der Waals surface area contributed by atoms with Gasteiger partial charge in [0.05, 0.1) is 13.2 Å². The van der Waals surface area contributed by atoms with Crippen LogP contribution in [0.3, 0.4) is 0 Å². The predicted molar refractivity (Wildman–Crippen MR) is 86.6 cm³/mol. The second-order valence-corrected chi connectivity index (χ2v) is 6.58. The topological polar surface area (TPSA) is 32.7 Å². The van der Waals surface area contributed by atoms with Gasteiger partial charge in [-0.25, -0.2) is 0 Å². The third-order valence-electron chi connectivity index (χ3n) is 4.33. The van der Waals surface area contributed by atoms with Crippen LogP contribution in [0.4, 0.5) is 0 Å². The lowest BCUT2D eigenvalue weighted by molar-refractivity contribution is 0.0795. The molecule has 118 valence electrons. The largest absolute Gasteiger partial charge is 0.497 e. The maximum atomic E-state index is 10.6. The Balaban J connectivity index is 2.03. The predicted octanol–water partition coefficient (Wildman–Crippen LogP) is 3.63. The van der Waals surface area contributed by atoms with Crippen LogP contribution in [0.15, 0.2) is 24.3 Å². The molecule has 0 aromatic heterocycles. The Morgan fingerprint density at radius 3 is 2.57 bits per heavy atom. The highest BCUT2D eigenvalue weighted by molar-refractivity contribution is 5.29. The lowest BCUT2D eigenvalue weighted by atomic mass is 10.1. The number of ether oxygens (including phenoxy) is 1. The van der Waals surface area contributed by atoms with Crippen molar-refractivity contribution in [3.63, 3.8) is 0 Å². The first-order valence-electron chi connectivity index (χ1n) is 8.16. The van der Waals surface area contributed by atoms with Gasteiger partial charge < -0.3 is 9.84 Å². The first kappa shape index (κ1) is 16.3. The normalized spacial score (nSPS) is 17.6.